The summed E-state index contributed by atoms with van der Waals surface area (Å²) in [5, 5.41) is 5.51. The van der Waals surface area contributed by atoms with Gasteiger partial charge in [0.05, 0.1) is 17.1 Å². The lowest BCUT2D eigenvalue weighted by Crippen LogP contribution is -2.41. The van der Waals surface area contributed by atoms with Gasteiger partial charge in [-0.2, -0.15) is 5.10 Å². The highest BCUT2D eigenvalue weighted by molar-refractivity contribution is 5.94. The number of aromatic nitrogens is 4. The number of carbonyl (C=O) groups is 1. The predicted molar refractivity (Wildman–Crippen MR) is 111 cm³/mol. The fraction of sp³-hybridized carbons (Fsp3) is 0.273. The molecule has 0 atom stereocenters. The zero-order valence-electron chi connectivity index (χ0n) is 15.9. The number of hydrogen-bond donors (Lipinski definition) is 0. The Morgan fingerprint density at radius 3 is 2.17 bits per heavy atom. The molecule has 0 radical (unpaired) electrons. The Labute approximate surface area is 167 Å². The van der Waals surface area contributed by atoms with Crippen LogP contribution in [0, 0.1) is 0 Å². The molecule has 1 fully saturated rings. The van der Waals surface area contributed by atoms with Crippen molar-refractivity contribution in [1.82, 2.24) is 24.2 Å². The van der Waals surface area contributed by atoms with Crippen LogP contribution in [-0.2, 0) is 11.3 Å². The maximum atomic E-state index is 13.1. The average Bonchev–Trinajstić information content (AvgIpc) is 3.32. The molecule has 0 unspecified atom stereocenters. The van der Waals surface area contributed by atoms with Crippen molar-refractivity contribution in [3.8, 4) is 0 Å². The number of rotatable bonds is 3. The minimum absolute atomic E-state index is 0.00791. The fourth-order valence-electron chi connectivity index (χ4n) is 4.27. The fourth-order valence-corrected chi connectivity index (χ4v) is 4.27. The Hall–Kier alpha value is -3.48. The lowest BCUT2D eigenvalue weighted by atomic mass is 10.1. The van der Waals surface area contributed by atoms with E-state index in [-0.39, 0.29) is 23.9 Å². The summed E-state index contributed by atoms with van der Waals surface area (Å²) in [6, 6.07) is 15.3. The number of carbonyl (C=O) groups excluding carboxylic acids is 1. The number of fused-ring (bicyclic) bond motifs is 2. The first-order valence-electron chi connectivity index (χ1n) is 9.84. The first-order valence-corrected chi connectivity index (χ1v) is 9.84. The molecule has 7 nitrogen and oxygen atoms in total. The lowest BCUT2D eigenvalue weighted by molar-refractivity contribution is -0.133. The van der Waals surface area contributed by atoms with E-state index in [1.807, 2.05) is 62.7 Å². The van der Waals surface area contributed by atoms with Crippen LogP contribution < -0.4 is 5.43 Å². The second-order valence-electron chi connectivity index (χ2n) is 7.44. The van der Waals surface area contributed by atoms with Crippen molar-refractivity contribution in [3.63, 3.8) is 0 Å². The second-order valence-corrected chi connectivity index (χ2v) is 7.44. The Morgan fingerprint density at radius 2 is 1.59 bits per heavy atom. The molecule has 5 rings (SSSR count). The van der Waals surface area contributed by atoms with E-state index in [2.05, 4.69) is 10.1 Å². The van der Waals surface area contributed by atoms with Crippen molar-refractivity contribution >= 4 is 27.7 Å². The SMILES string of the molecule is O=C(Cn1c2ccccc2c(=O)c2ccccc21)N1CCC(n2cncn2)CC1. The molecule has 1 aliphatic rings. The third kappa shape index (κ3) is 3.08. The van der Waals surface area contributed by atoms with Gasteiger partial charge in [-0.1, -0.05) is 24.3 Å². The van der Waals surface area contributed by atoms with Gasteiger partial charge in [0.1, 0.15) is 19.2 Å². The molecule has 29 heavy (non-hydrogen) atoms. The molecule has 1 saturated heterocycles. The molecule has 0 saturated carbocycles. The van der Waals surface area contributed by atoms with E-state index in [4.69, 9.17) is 0 Å². The monoisotopic (exact) mass is 387 g/mol. The maximum absolute atomic E-state index is 13.1. The van der Waals surface area contributed by atoms with Crippen LogP contribution in [0.25, 0.3) is 21.8 Å². The van der Waals surface area contributed by atoms with Crippen molar-refractivity contribution < 1.29 is 4.79 Å². The van der Waals surface area contributed by atoms with Gasteiger partial charge < -0.3 is 9.47 Å². The zero-order valence-corrected chi connectivity index (χ0v) is 15.9. The molecule has 146 valence electrons. The second kappa shape index (κ2) is 7.16. The van der Waals surface area contributed by atoms with Crippen molar-refractivity contribution in [3.05, 3.63) is 71.4 Å². The minimum Gasteiger partial charge on any atom is -0.341 e. The Bertz CT molecular complexity index is 1180. The highest BCUT2D eigenvalue weighted by Crippen LogP contribution is 2.23. The van der Waals surface area contributed by atoms with Crippen LogP contribution in [0.3, 0.4) is 0 Å². The third-order valence-electron chi connectivity index (χ3n) is 5.80. The molecular formula is C22H21N5O2. The number of para-hydroxylation sites is 2. The van der Waals surface area contributed by atoms with Gasteiger partial charge in [0.25, 0.3) is 0 Å². The van der Waals surface area contributed by atoms with Gasteiger partial charge in [0.2, 0.25) is 5.91 Å². The third-order valence-corrected chi connectivity index (χ3v) is 5.80. The van der Waals surface area contributed by atoms with Crippen LogP contribution in [0.15, 0.2) is 66.0 Å². The molecule has 1 amide bonds. The number of likely N-dealkylation sites (tertiary alicyclic amines) is 1. The molecular weight excluding hydrogens is 366 g/mol. The predicted octanol–water partition coefficient (Wildman–Crippen LogP) is 2.61. The van der Waals surface area contributed by atoms with E-state index < -0.39 is 0 Å². The van der Waals surface area contributed by atoms with Gasteiger partial charge >= 0.3 is 0 Å². The standard InChI is InChI=1S/C22H21N5O2/c28-21(25-11-9-16(10-12-25)27-15-23-14-24-27)13-26-19-7-3-1-5-17(19)22(29)18-6-2-4-8-20(18)26/h1-8,14-16H,9-13H2. The summed E-state index contributed by atoms with van der Waals surface area (Å²) in [6.45, 7) is 1.61. The van der Waals surface area contributed by atoms with E-state index in [0.29, 0.717) is 23.9 Å². The van der Waals surface area contributed by atoms with E-state index >= 15 is 0 Å². The van der Waals surface area contributed by atoms with Crippen molar-refractivity contribution in [2.45, 2.75) is 25.4 Å². The summed E-state index contributed by atoms with van der Waals surface area (Å²) < 4.78 is 3.85. The number of pyridine rings is 1. The number of benzene rings is 2. The minimum atomic E-state index is 0.00791. The van der Waals surface area contributed by atoms with Gasteiger partial charge in [0.15, 0.2) is 5.43 Å². The molecule has 0 aliphatic carbocycles. The van der Waals surface area contributed by atoms with Crippen LogP contribution in [0.1, 0.15) is 18.9 Å². The van der Waals surface area contributed by atoms with Gasteiger partial charge in [-0.05, 0) is 37.1 Å². The van der Waals surface area contributed by atoms with Gasteiger partial charge in [-0.25, -0.2) is 9.67 Å². The first kappa shape index (κ1) is 17.6. The average molecular weight is 387 g/mol. The number of amides is 1. The molecule has 3 heterocycles. The van der Waals surface area contributed by atoms with Gasteiger partial charge in [-0.15, -0.1) is 0 Å². The summed E-state index contributed by atoms with van der Waals surface area (Å²) in [4.78, 5) is 31.9. The normalized spacial score (nSPS) is 15.2. The van der Waals surface area contributed by atoms with Crippen molar-refractivity contribution in [2.75, 3.05) is 13.1 Å². The van der Waals surface area contributed by atoms with Crippen LogP contribution in [0.2, 0.25) is 0 Å². The van der Waals surface area contributed by atoms with Crippen LogP contribution in [0.4, 0.5) is 0 Å². The highest BCUT2D eigenvalue weighted by atomic mass is 16.2. The van der Waals surface area contributed by atoms with Crippen molar-refractivity contribution in [1.29, 1.82) is 0 Å². The molecule has 2 aromatic heterocycles. The van der Waals surface area contributed by atoms with E-state index in [0.717, 1.165) is 23.9 Å². The Kier molecular flexibility index (Phi) is 4.35. The summed E-state index contributed by atoms with van der Waals surface area (Å²) in [6.07, 6.45) is 5.01. The van der Waals surface area contributed by atoms with E-state index in [9.17, 15) is 9.59 Å². The summed E-state index contributed by atoms with van der Waals surface area (Å²) >= 11 is 0. The Morgan fingerprint density at radius 1 is 0.966 bits per heavy atom. The summed E-state index contributed by atoms with van der Waals surface area (Å²) in [7, 11) is 0. The molecule has 0 bridgehead atoms. The molecule has 4 aromatic rings. The molecule has 7 heteroatoms. The lowest BCUT2D eigenvalue weighted by Gasteiger charge is -2.32. The van der Waals surface area contributed by atoms with Gasteiger partial charge in [-0.3, -0.25) is 9.59 Å². The maximum Gasteiger partial charge on any atom is 0.242 e. The first-order chi connectivity index (χ1) is 14.2. The van der Waals surface area contributed by atoms with Gasteiger partial charge in [0, 0.05) is 23.9 Å². The van der Waals surface area contributed by atoms with Crippen molar-refractivity contribution in [2.24, 2.45) is 0 Å². The van der Waals surface area contributed by atoms with Crippen LogP contribution >= 0.6 is 0 Å². The zero-order chi connectivity index (χ0) is 19.8. The molecule has 0 spiro atoms. The quantitative estimate of drug-likeness (QED) is 0.507. The summed E-state index contributed by atoms with van der Waals surface area (Å²) in [5.41, 5.74) is 1.60. The topological polar surface area (TPSA) is 73.0 Å². The number of piperidine rings is 1. The van der Waals surface area contributed by atoms with E-state index in [1.54, 1.807) is 12.7 Å². The number of hydrogen-bond acceptors (Lipinski definition) is 4. The smallest absolute Gasteiger partial charge is 0.242 e. The molecule has 2 aromatic carbocycles. The largest absolute Gasteiger partial charge is 0.341 e. The molecule has 0 N–H and O–H groups in total. The van der Waals surface area contributed by atoms with Crippen LogP contribution in [-0.4, -0.2) is 43.2 Å². The van der Waals surface area contributed by atoms with Crippen LogP contribution in [0.5, 0.6) is 0 Å². The number of nitrogens with zero attached hydrogens (tertiary/aromatic N) is 5. The highest BCUT2D eigenvalue weighted by Gasteiger charge is 2.25. The Balaban J connectivity index is 1.45. The summed E-state index contributed by atoms with van der Waals surface area (Å²) in [5.74, 6) is 0.0704. The van der Waals surface area contributed by atoms with E-state index in [1.165, 1.54) is 0 Å². The molecule has 1 aliphatic heterocycles.